The van der Waals surface area contributed by atoms with E-state index in [0.29, 0.717) is 10.8 Å². The Morgan fingerprint density at radius 1 is 1.59 bits per heavy atom. The number of nitrogens with one attached hydrogen (secondary N) is 2. The SMILES string of the molecule is CCSNC(=O)Nc1ccc2sc(N)nc2c1. The third kappa shape index (κ3) is 3.01. The van der Waals surface area contributed by atoms with Gasteiger partial charge in [-0.15, -0.1) is 0 Å². The number of benzene rings is 1. The number of urea groups is 1. The monoisotopic (exact) mass is 268 g/mol. The Balaban J connectivity index is 2.10. The average molecular weight is 268 g/mol. The lowest BCUT2D eigenvalue weighted by Gasteiger charge is -2.05. The highest BCUT2D eigenvalue weighted by atomic mass is 32.2. The maximum atomic E-state index is 11.4. The molecule has 0 atom stereocenters. The van der Waals surface area contributed by atoms with Gasteiger partial charge in [-0.1, -0.05) is 18.3 Å². The molecule has 0 bridgehead atoms. The van der Waals surface area contributed by atoms with Crippen molar-refractivity contribution in [2.45, 2.75) is 6.92 Å². The molecule has 2 aromatic rings. The first kappa shape index (κ1) is 12.0. The molecule has 4 N–H and O–H groups in total. The van der Waals surface area contributed by atoms with Crippen molar-refractivity contribution in [3.8, 4) is 0 Å². The lowest BCUT2D eigenvalue weighted by atomic mass is 10.3. The second-order valence-corrected chi connectivity index (χ2v) is 5.36. The topological polar surface area (TPSA) is 80.0 Å². The van der Waals surface area contributed by atoms with E-state index in [1.807, 2.05) is 19.1 Å². The van der Waals surface area contributed by atoms with Crippen LogP contribution >= 0.6 is 23.3 Å². The number of rotatable bonds is 3. The van der Waals surface area contributed by atoms with Gasteiger partial charge < -0.3 is 11.1 Å². The maximum absolute atomic E-state index is 11.4. The second kappa shape index (κ2) is 5.24. The zero-order chi connectivity index (χ0) is 12.3. The zero-order valence-corrected chi connectivity index (χ0v) is 10.8. The molecule has 2 amide bonds. The summed E-state index contributed by atoms with van der Waals surface area (Å²) >= 11 is 2.78. The molecule has 90 valence electrons. The smallest absolute Gasteiger partial charge is 0.329 e. The van der Waals surface area contributed by atoms with Crippen molar-refractivity contribution in [1.82, 2.24) is 9.71 Å². The Labute approximate surface area is 107 Å². The van der Waals surface area contributed by atoms with Crippen molar-refractivity contribution in [1.29, 1.82) is 0 Å². The predicted molar refractivity (Wildman–Crippen MR) is 74.3 cm³/mol. The maximum Gasteiger partial charge on any atom is 0.329 e. The minimum Gasteiger partial charge on any atom is -0.375 e. The third-order valence-corrected chi connectivity index (χ3v) is 3.46. The van der Waals surface area contributed by atoms with Gasteiger partial charge in [0.1, 0.15) is 0 Å². The number of thiazole rings is 1. The van der Waals surface area contributed by atoms with Crippen molar-refractivity contribution < 1.29 is 4.79 Å². The van der Waals surface area contributed by atoms with Crippen LogP contribution in [0, 0.1) is 0 Å². The van der Waals surface area contributed by atoms with Gasteiger partial charge in [-0.2, -0.15) is 0 Å². The summed E-state index contributed by atoms with van der Waals surface area (Å²) in [5.74, 6) is 0.828. The summed E-state index contributed by atoms with van der Waals surface area (Å²) in [5.41, 5.74) is 7.12. The first-order valence-electron chi connectivity index (χ1n) is 5.04. The molecule has 5 nitrogen and oxygen atoms in total. The minimum absolute atomic E-state index is 0.237. The van der Waals surface area contributed by atoms with E-state index >= 15 is 0 Å². The normalized spacial score (nSPS) is 10.4. The van der Waals surface area contributed by atoms with E-state index < -0.39 is 0 Å². The van der Waals surface area contributed by atoms with Crippen LogP contribution in [0.25, 0.3) is 10.2 Å². The molecule has 0 saturated heterocycles. The molecular formula is C10H12N4OS2. The van der Waals surface area contributed by atoms with Gasteiger partial charge in [-0.05, 0) is 30.1 Å². The summed E-state index contributed by atoms with van der Waals surface area (Å²) in [6.45, 7) is 1.97. The molecule has 0 aliphatic rings. The highest BCUT2D eigenvalue weighted by Crippen LogP contribution is 2.26. The molecule has 1 aromatic heterocycles. The number of carbonyl (C=O) groups excluding carboxylic acids is 1. The molecule has 0 aliphatic heterocycles. The van der Waals surface area contributed by atoms with Crippen LogP contribution < -0.4 is 15.8 Å². The molecule has 2 rings (SSSR count). The number of nitrogen functional groups attached to an aromatic ring is 1. The third-order valence-electron chi connectivity index (χ3n) is 1.97. The van der Waals surface area contributed by atoms with E-state index in [0.717, 1.165) is 16.0 Å². The summed E-state index contributed by atoms with van der Waals surface area (Å²) in [6.07, 6.45) is 0. The number of aromatic nitrogens is 1. The summed E-state index contributed by atoms with van der Waals surface area (Å²) < 4.78 is 3.67. The van der Waals surface area contributed by atoms with Crippen molar-refractivity contribution in [2.75, 3.05) is 16.8 Å². The number of nitrogens with zero attached hydrogens (tertiary/aromatic N) is 1. The lowest BCUT2D eigenvalue weighted by Crippen LogP contribution is -2.22. The van der Waals surface area contributed by atoms with Crippen LogP contribution in [0.5, 0.6) is 0 Å². The van der Waals surface area contributed by atoms with Gasteiger partial charge in [-0.3, -0.25) is 4.72 Å². The number of hydrogen-bond donors (Lipinski definition) is 3. The molecular weight excluding hydrogens is 256 g/mol. The van der Waals surface area contributed by atoms with Crippen molar-refractivity contribution in [3.05, 3.63) is 18.2 Å². The summed E-state index contributed by atoms with van der Waals surface area (Å²) in [4.78, 5) is 15.6. The number of hydrogen-bond acceptors (Lipinski definition) is 5. The second-order valence-electron chi connectivity index (χ2n) is 3.22. The van der Waals surface area contributed by atoms with E-state index in [1.165, 1.54) is 23.3 Å². The molecule has 1 aromatic carbocycles. The molecule has 1 heterocycles. The number of carbonyl (C=O) groups is 1. The van der Waals surface area contributed by atoms with E-state index in [1.54, 1.807) is 6.07 Å². The molecule has 0 aliphatic carbocycles. The first-order valence-corrected chi connectivity index (χ1v) is 6.84. The van der Waals surface area contributed by atoms with E-state index in [9.17, 15) is 4.79 Å². The predicted octanol–water partition coefficient (Wildman–Crippen LogP) is 2.67. The average Bonchev–Trinajstić information content (AvgIpc) is 2.65. The van der Waals surface area contributed by atoms with E-state index in [-0.39, 0.29) is 6.03 Å². The molecule has 17 heavy (non-hydrogen) atoms. The van der Waals surface area contributed by atoms with Crippen LogP contribution in [0.15, 0.2) is 18.2 Å². The van der Waals surface area contributed by atoms with Gasteiger partial charge in [0, 0.05) is 11.4 Å². The molecule has 0 unspecified atom stereocenters. The number of nitrogens with two attached hydrogens (primary N) is 1. The van der Waals surface area contributed by atoms with Gasteiger partial charge in [0.05, 0.1) is 10.2 Å². The van der Waals surface area contributed by atoms with Gasteiger partial charge in [-0.25, -0.2) is 9.78 Å². The highest BCUT2D eigenvalue weighted by molar-refractivity contribution is 7.97. The fourth-order valence-corrected chi connectivity index (χ4v) is 2.36. The quantitative estimate of drug-likeness (QED) is 0.748. The van der Waals surface area contributed by atoms with Crippen LogP contribution in [0.3, 0.4) is 0 Å². The van der Waals surface area contributed by atoms with Crippen LogP contribution in [0.4, 0.5) is 15.6 Å². The van der Waals surface area contributed by atoms with Gasteiger partial charge in [0.15, 0.2) is 5.13 Å². The van der Waals surface area contributed by atoms with Crippen molar-refractivity contribution >= 4 is 50.4 Å². The van der Waals surface area contributed by atoms with Crippen LogP contribution in [-0.2, 0) is 0 Å². The number of anilines is 2. The fraction of sp³-hybridized carbons (Fsp3) is 0.200. The summed E-state index contributed by atoms with van der Waals surface area (Å²) in [7, 11) is 0. The summed E-state index contributed by atoms with van der Waals surface area (Å²) in [5, 5.41) is 3.26. The van der Waals surface area contributed by atoms with Crippen molar-refractivity contribution in [3.63, 3.8) is 0 Å². The van der Waals surface area contributed by atoms with Crippen LogP contribution in [0.2, 0.25) is 0 Å². The first-order chi connectivity index (χ1) is 8.19. The van der Waals surface area contributed by atoms with E-state index in [2.05, 4.69) is 15.0 Å². The molecule has 0 fully saturated rings. The molecule has 0 radical (unpaired) electrons. The standard InChI is InChI=1S/C10H12N4OS2/c1-2-16-14-10(15)12-6-3-4-8-7(5-6)13-9(11)17-8/h3-5H,2H2,1H3,(H2,11,13)(H2,12,14,15). The Bertz CT molecular complexity index is 540. The van der Waals surface area contributed by atoms with Gasteiger partial charge >= 0.3 is 6.03 Å². The largest absolute Gasteiger partial charge is 0.375 e. The molecule has 0 saturated carbocycles. The molecule has 0 spiro atoms. The fourth-order valence-electron chi connectivity index (χ4n) is 1.32. The zero-order valence-electron chi connectivity index (χ0n) is 9.19. The van der Waals surface area contributed by atoms with Crippen LogP contribution in [0.1, 0.15) is 6.92 Å². The van der Waals surface area contributed by atoms with E-state index in [4.69, 9.17) is 5.73 Å². The Morgan fingerprint density at radius 2 is 2.41 bits per heavy atom. The van der Waals surface area contributed by atoms with Crippen LogP contribution in [-0.4, -0.2) is 16.8 Å². The molecule has 7 heteroatoms. The summed E-state index contributed by atoms with van der Waals surface area (Å²) in [6, 6.07) is 5.29. The van der Waals surface area contributed by atoms with Crippen molar-refractivity contribution in [2.24, 2.45) is 0 Å². The Morgan fingerprint density at radius 3 is 3.18 bits per heavy atom. The lowest BCUT2D eigenvalue weighted by molar-refractivity contribution is 0.257. The Hall–Kier alpha value is -1.47. The minimum atomic E-state index is -0.237. The number of fused-ring (bicyclic) bond motifs is 1. The number of amides is 2. The Kier molecular flexibility index (Phi) is 3.70. The van der Waals surface area contributed by atoms with Gasteiger partial charge in [0.2, 0.25) is 0 Å². The van der Waals surface area contributed by atoms with Gasteiger partial charge in [0.25, 0.3) is 0 Å². The highest BCUT2D eigenvalue weighted by Gasteiger charge is 2.04.